The van der Waals surface area contributed by atoms with Crippen molar-refractivity contribution in [3.05, 3.63) is 81.4 Å². The van der Waals surface area contributed by atoms with Crippen molar-refractivity contribution in [2.75, 3.05) is 14.2 Å². The van der Waals surface area contributed by atoms with E-state index in [9.17, 15) is 19.2 Å². The van der Waals surface area contributed by atoms with Crippen LogP contribution in [0.3, 0.4) is 0 Å². The van der Waals surface area contributed by atoms with Gasteiger partial charge in [0.05, 0.1) is 31.2 Å². The minimum absolute atomic E-state index is 0.00271. The number of imide groups is 1. The van der Waals surface area contributed by atoms with Gasteiger partial charge in [-0.3, -0.25) is 14.5 Å². The van der Waals surface area contributed by atoms with Crippen LogP contribution in [0.4, 0.5) is 4.79 Å². The Balaban J connectivity index is 1.57. The summed E-state index contributed by atoms with van der Waals surface area (Å²) in [5.74, 6) is -1.20. The second-order valence-corrected chi connectivity index (χ2v) is 8.72. The Bertz CT molecular complexity index is 1360. The summed E-state index contributed by atoms with van der Waals surface area (Å²) < 4.78 is 16.7. The van der Waals surface area contributed by atoms with Gasteiger partial charge in [0, 0.05) is 17.1 Å². The zero-order valence-corrected chi connectivity index (χ0v) is 20.3. The lowest BCUT2D eigenvalue weighted by Gasteiger charge is -2.10. The number of hydrogen-bond donors (Lipinski definition) is 0. The van der Waals surface area contributed by atoms with Crippen molar-refractivity contribution in [1.82, 2.24) is 9.47 Å². The van der Waals surface area contributed by atoms with Crippen LogP contribution in [0.2, 0.25) is 0 Å². The maximum absolute atomic E-state index is 13.0. The molecule has 10 heteroatoms. The van der Waals surface area contributed by atoms with Gasteiger partial charge < -0.3 is 18.5 Å². The molecule has 9 nitrogen and oxygen atoms in total. The largest absolute Gasteiger partial charge is 0.465 e. The smallest absolute Gasteiger partial charge is 0.373 e. The molecule has 1 aromatic carbocycles. The van der Waals surface area contributed by atoms with Gasteiger partial charge in [-0.15, -0.1) is 0 Å². The molecule has 1 aliphatic rings. The number of thioether (sulfide) groups is 1. The Labute approximate surface area is 205 Å². The maximum Gasteiger partial charge on any atom is 0.373 e. The van der Waals surface area contributed by atoms with Crippen LogP contribution < -0.4 is 0 Å². The quantitative estimate of drug-likeness (QED) is 0.364. The minimum Gasteiger partial charge on any atom is -0.465 e. The van der Waals surface area contributed by atoms with Gasteiger partial charge in [-0.25, -0.2) is 9.59 Å². The molecule has 0 unspecified atom stereocenters. The van der Waals surface area contributed by atoms with E-state index in [2.05, 4.69) is 4.74 Å². The van der Waals surface area contributed by atoms with Crippen molar-refractivity contribution in [2.45, 2.75) is 20.4 Å². The molecular formula is C25H22N2O7S. The van der Waals surface area contributed by atoms with E-state index in [4.69, 9.17) is 9.15 Å². The predicted molar refractivity (Wildman–Crippen MR) is 128 cm³/mol. The van der Waals surface area contributed by atoms with Crippen molar-refractivity contribution >= 4 is 40.9 Å². The molecule has 0 atom stereocenters. The molecule has 0 radical (unpaired) electrons. The fourth-order valence-corrected chi connectivity index (χ4v) is 4.63. The van der Waals surface area contributed by atoms with Gasteiger partial charge in [0.25, 0.3) is 11.1 Å². The topological polar surface area (TPSA) is 108 Å². The number of aromatic nitrogens is 1. The van der Waals surface area contributed by atoms with Crippen molar-refractivity contribution in [3.63, 3.8) is 0 Å². The lowest BCUT2D eigenvalue weighted by molar-refractivity contribution is -0.123. The first-order valence-electron chi connectivity index (χ1n) is 10.5. The number of amides is 2. The van der Waals surface area contributed by atoms with Crippen LogP contribution in [0.25, 0.3) is 11.8 Å². The third-order valence-corrected chi connectivity index (χ3v) is 6.45. The van der Waals surface area contributed by atoms with Gasteiger partial charge in [-0.05, 0) is 79.7 Å². The highest BCUT2D eigenvalue weighted by molar-refractivity contribution is 8.18. The number of carbonyl (C=O) groups is 4. The van der Waals surface area contributed by atoms with Crippen LogP contribution in [0.15, 0.2) is 51.8 Å². The third-order valence-electron chi connectivity index (χ3n) is 5.54. The van der Waals surface area contributed by atoms with Crippen LogP contribution in [-0.4, -0.2) is 46.8 Å². The second kappa shape index (κ2) is 9.67. The molecule has 0 aliphatic carbocycles. The first-order valence-corrected chi connectivity index (χ1v) is 11.3. The predicted octanol–water partition coefficient (Wildman–Crippen LogP) is 4.50. The molecule has 2 amide bonds. The number of nitrogens with zero attached hydrogens (tertiary/aromatic N) is 2. The molecule has 0 saturated carbocycles. The number of aryl methyl sites for hydroxylation is 1. The standard InChI is InChI=1S/C25H22N2O7S/c1-14-11-17(15(2)27(14)18-7-5-16(6-8-18)23(29)32-3)12-21-22(28)26(25(31)35-21)13-19-9-10-20(34-19)24(30)33-4/h5-12H,13H2,1-4H3. The Morgan fingerprint density at radius 1 is 1.00 bits per heavy atom. The van der Waals surface area contributed by atoms with Gasteiger partial charge in [-0.1, -0.05) is 0 Å². The second-order valence-electron chi connectivity index (χ2n) is 7.73. The minimum atomic E-state index is -0.638. The summed E-state index contributed by atoms with van der Waals surface area (Å²) in [7, 11) is 2.57. The number of rotatable bonds is 6. The first kappa shape index (κ1) is 24.1. The van der Waals surface area contributed by atoms with Gasteiger partial charge in [0.15, 0.2) is 0 Å². The highest BCUT2D eigenvalue weighted by atomic mass is 32.2. The molecule has 180 valence electrons. The molecule has 1 aliphatic heterocycles. The fraction of sp³-hybridized carbons (Fsp3) is 0.200. The fourth-order valence-electron chi connectivity index (χ4n) is 3.80. The molecule has 0 N–H and O–H groups in total. The molecule has 3 heterocycles. The summed E-state index contributed by atoms with van der Waals surface area (Å²) in [4.78, 5) is 50.1. The Morgan fingerprint density at radius 2 is 1.69 bits per heavy atom. The number of hydrogen-bond acceptors (Lipinski definition) is 8. The summed E-state index contributed by atoms with van der Waals surface area (Å²) in [6.07, 6.45) is 1.69. The first-order chi connectivity index (χ1) is 16.7. The average Bonchev–Trinajstić information content (AvgIpc) is 3.51. The molecule has 2 aromatic heterocycles. The van der Waals surface area contributed by atoms with E-state index in [0.29, 0.717) is 11.3 Å². The summed E-state index contributed by atoms with van der Waals surface area (Å²) in [6.45, 7) is 3.75. The van der Waals surface area contributed by atoms with E-state index in [-0.39, 0.29) is 17.2 Å². The Hall–Kier alpha value is -4.05. The summed E-state index contributed by atoms with van der Waals surface area (Å²) in [5.41, 5.74) is 3.87. The molecule has 1 saturated heterocycles. The molecule has 1 fully saturated rings. The van der Waals surface area contributed by atoms with Crippen LogP contribution >= 0.6 is 11.8 Å². The van der Waals surface area contributed by atoms with E-state index in [1.807, 2.05) is 36.6 Å². The summed E-state index contributed by atoms with van der Waals surface area (Å²) in [6, 6.07) is 11.9. The van der Waals surface area contributed by atoms with E-state index < -0.39 is 23.1 Å². The van der Waals surface area contributed by atoms with Crippen molar-refractivity contribution in [2.24, 2.45) is 0 Å². The van der Waals surface area contributed by atoms with Gasteiger partial charge in [0.2, 0.25) is 5.76 Å². The van der Waals surface area contributed by atoms with Crippen molar-refractivity contribution in [3.8, 4) is 5.69 Å². The average molecular weight is 495 g/mol. The van der Waals surface area contributed by atoms with Crippen molar-refractivity contribution in [1.29, 1.82) is 0 Å². The van der Waals surface area contributed by atoms with Crippen LogP contribution in [0.1, 0.15) is 43.6 Å². The van der Waals surface area contributed by atoms with Gasteiger partial charge in [0.1, 0.15) is 5.76 Å². The third kappa shape index (κ3) is 4.65. The zero-order chi connectivity index (χ0) is 25.3. The monoisotopic (exact) mass is 494 g/mol. The van der Waals surface area contributed by atoms with Gasteiger partial charge in [-0.2, -0.15) is 0 Å². The van der Waals surface area contributed by atoms with Crippen molar-refractivity contribution < 1.29 is 33.1 Å². The Morgan fingerprint density at radius 3 is 2.34 bits per heavy atom. The molecule has 0 bridgehead atoms. The number of furan rings is 1. The van der Waals surface area contributed by atoms with E-state index in [1.165, 1.54) is 26.4 Å². The summed E-state index contributed by atoms with van der Waals surface area (Å²) in [5, 5.41) is -0.426. The Kier molecular flexibility index (Phi) is 6.65. The zero-order valence-electron chi connectivity index (χ0n) is 19.5. The number of methoxy groups -OCH3 is 2. The lowest BCUT2D eigenvalue weighted by atomic mass is 10.2. The molecular weight excluding hydrogens is 472 g/mol. The van der Waals surface area contributed by atoms with Gasteiger partial charge >= 0.3 is 11.9 Å². The normalized spacial score (nSPS) is 14.6. The number of esters is 2. The number of benzene rings is 1. The molecule has 35 heavy (non-hydrogen) atoms. The van der Waals surface area contributed by atoms with E-state index in [0.717, 1.165) is 39.3 Å². The van der Waals surface area contributed by atoms with Crippen LogP contribution in [0, 0.1) is 13.8 Å². The molecule has 4 rings (SSSR count). The highest BCUT2D eigenvalue weighted by Gasteiger charge is 2.36. The van der Waals surface area contributed by atoms with E-state index in [1.54, 1.807) is 18.2 Å². The van der Waals surface area contributed by atoms with Crippen LogP contribution in [0.5, 0.6) is 0 Å². The van der Waals surface area contributed by atoms with E-state index >= 15 is 0 Å². The lowest BCUT2D eigenvalue weighted by Crippen LogP contribution is -2.27. The highest BCUT2D eigenvalue weighted by Crippen LogP contribution is 2.35. The molecule has 3 aromatic rings. The molecule has 0 spiro atoms. The summed E-state index contributed by atoms with van der Waals surface area (Å²) >= 11 is 0.845. The maximum atomic E-state index is 13.0. The SMILES string of the molecule is COC(=O)c1ccc(-n2c(C)cc(C=C3SC(=O)N(Cc4ccc(C(=O)OC)o4)C3=O)c2C)cc1. The van der Waals surface area contributed by atoms with Crippen LogP contribution in [-0.2, 0) is 20.8 Å². The number of ether oxygens (including phenoxy) is 2. The number of carbonyl (C=O) groups excluding carboxylic acids is 4.